The van der Waals surface area contributed by atoms with E-state index in [4.69, 9.17) is 4.74 Å². The minimum atomic E-state index is -5.80. The van der Waals surface area contributed by atoms with Gasteiger partial charge in [0.1, 0.15) is 17.2 Å². The minimum absolute atomic E-state index is 0.227. The molecule has 2 aromatic rings. The molecule has 1 amide bonds. The summed E-state index contributed by atoms with van der Waals surface area (Å²) in [6.07, 6.45) is -5.80. The van der Waals surface area contributed by atoms with Gasteiger partial charge < -0.3 is 9.84 Å². The summed E-state index contributed by atoms with van der Waals surface area (Å²) in [6, 6.07) is 3.70. The van der Waals surface area contributed by atoms with Gasteiger partial charge in [-0.3, -0.25) is 10.1 Å². The summed E-state index contributed by atoms with van der Waals surface area (Å²) in [5.74, 6) is -6.24. The molecule has 2 rings (SSSR count). The normalized spacial score (nSPS) is 12.1. The molecular weight excluding hydrogens is 359 g/mol. The number of halogens is 5. The second-order valence-electron chi connectivity index (χ2n) is 4.45. The zero-order valence-electron chi connectivity index (χ0n) is 11.8. The van der Waals surface area contributed by atoms with Crippen molar-refractivity contribution >= 4 is 22.4 Å². The number of rotatable bonds is 4. The summed E-state index contributed by atoms with van der Waals surface area (Å²) in [5.41, 5.74) is -1.75. The van der Waals surface area contributed by atoms with Gasteiger partial charge in [-0.2, -0.15) is 22.0 Å². The van der Waals surface area contributed by atoms with Crippen LogP contribution in [0.1, 0.15) is 16.1 Å². The van der Waals surface area contributed by atoms with Crippen LogP contribution < -0.4 is 10.1 Å². The summed E-state index contributed by atoms with van der Waals surface area (Å²) >= 11 is 0.400. The molecule has 0 saturated heterocycles. The SMILES string of the molecule is COc1ccc(C(=O)Nc2nc(C(F)(F)C(F)(F)F)cs2)c(O)c1. The van der Waals surface area contributed by atoms with Crippen LogP contribution in [0.2, 0.25) is 0 Å². The molecule has 0 atom stereocenters. The molecule has 0 bridgehead atoms. The van der Waals surface area contributed by atoms with Crippen molar-refractivity contribution in [3.05, 3.63) is 34.8 Å². The van der Waals surface area contributed by atoms with Gasteiger partial charge in [0.25, 0.3) is 5.91 Å². The van der Waals surface area contributed by atoms with E-state index < -0.39 is 34.6 Å². The fourth-order valence-electron chi connectivity index (χ4n) is 1.62. The molecule has 0 aliphatic rings. The van der Waals surface area contributed by atoms with Gasteiger partial charge >= 0.3 is 12.1 Å². The highest BCUT2D eigenvalue weighted by Gasteiger charge is 2.60. The van der Waals surface area contributed by atoms with Gasteiger partial charge in [-0.25, -0.2) is 4.98 Å². The Morgan fingerprint density at radius 1 is 1.29 bits per heavy atom. The highest BCUT2D eigenvalue weighted by atomic mass is 32.1. The first-order chi connectivity index (χ1) is 11.1. The number of hydrogen-bond donors (Lipinski definition) is 2. The molecule has 0 fully saturated rings. The highest BCUT2D eigenvalue weighted by Crippen LogP contribution is 2.44. The number of ether oxygens (including phenoxy) is 1. The van der Waals surface area contributed by atoms with Crippen LogP contribution in [0.15, 0.2) is 23.6 Å². The summed E-state index contributed by atoms with van der Waals surface area (Å²) in [6.45, 7) is 0. The third-order valence-electron chi connectivity index (χ3n) is 2.85. The van der Waals surface area contributed by atoms with Gasteiger partial charge in [0.15, 0.2) is 5.13 Å². The molecule has 0 radical (unpaired) electrons. The van der Waals surface area contributed by atoms with Crippen LogP contribution in [0, 0.1) is 0 Å². The second-order valence-corrected chi connectivity index (χ2v) is 5.31. The average Bonchev–Trinajstić information content (AvgIpc) is 2.94. The first-order valence-electron chi connectivity index (χ1n) is 6.15. The number of anilines is 1. The smallest absolute Gasteiger partial charge is 0.459 e. The van der Waals surface area contributed by atoms with Gasteiger partial charge in [0.2, 0.25) is 0 Å². The fourth-order valence-corrected chi connectivity index (χ4v) is 2.34. The quantitative estimate of drug-likeness (QED) is 0.806. The van der Waals surface area contributed by atoms with Crippen LogP contribution >= 0.6 is 11.3 Å². The Kier molecular flexibility index (Phi) is 4.65. The van der Waals surface area contributed by atoms with Gasteiger partial charge in [-0.15, -0.1) is 11.3 Å². The summed E-state index contributed by atoms with van der Waals surface area (Å²) in [5, 5.41) is 11.8. The number of nitrogens with one attached hydrogen (secondary N) is 1. The molecule has 0 aliphatic carbocycles. The average molecular weight is 368 g/mol. The molecule has 0 aliphatic heterocycles. The Hall–Kier alpha value is -2.43. The van der Waals surface area contributed by atoms with Crippen LogP contribution in [0.4, 0.5) is 27.1 Å². The molecule has 0 spiro atoms. The predicted octanol–water partition coefficient (Wildman–Crippen LogP) is 3.76. The van der Waals surface area contributed by atoms with Crippen molar-refractivity contribution in [3.63, 3.8) is 0 Å². The van der Waals surface area contributed by atoms with Crippen LogP contribution in [-0.4, -0.2) is 29.3 Å². The van der Waals surface area contributed by atoms with E-state index in [0.717, 1.165) is 6.07 Å². The van der Waals surface area contributed by atoms with Crippen LogP contribution in [-0.2, 0) is 5.92 Å². The van der Waals surface area contributed by atoms with Gasteiger partial charge in [-0.05, 0) is 12.1 Å². The van der Waals surface area contributed by atoms with Crippen molar-refractivity contribution in [3.8, 4) is 11.5 Å². The van der Waals surface area contributed by atoms with Gasteiger partial charge in [0, 0.05) is 11.4 Å². The lowest BCUT2D eigenvalue weighted by Crippen LogP contribution is -2.34. The van der Waals surface area contributed by atoms with Crippen molar-refractivity contribution in [2.24, 2.45) is 0 Å². The second kappa shape index (κ2) is 6.23. The summed E-state index contributed by atoms with van der Waals surface area (Å²) in [7, 11) is 1.34. The van der Waals surface area contributed by atoms with E-state index in [9.17, 15) is 31.9 Å². The number of aromatic nitrogens is 1. The zero-order valence-corrected chi connectivity index (χ0v) is 12.6. The predicted molar refractivity (Wildman–Crippen MR) is 74.7 cm³/mol. The molecule has 130 valence electrons. The topological polar surface area (TPSA) is 71.5 Å². The van der Waals surface area contributed by atoms with Crippen molar-refractivity contribution in [2.75, 3.05) is 12.4 Å². The van der Waals surface area contributed by atoms with E-state index in [1.54, 1.807) is 0 Å². The molecule has 2 N–H and O–H groups in total. The summed E-state index contributed by atoms with van der Waals surface area (Å²) in [4.78, 5) is 15.0. The monoisotopic (exact) mass is 368 g/mol. The minimum Gasteiger partial charge on any atom is -0.507 e. The fraction of sp³-hybridized carbons (Fsp3) is 0.231. The molecule has 11 heteroatoms. The number of alkyl halides is 5. The lowest BCUT2D eigenvalue weighted by atomic mass is 10.2. The van der Waals surface area contributed by atoms with Crippen LogP contribution in [0.5, 0.6) is 11.5 Å². The number of amides is 1. The number of aromatic hydroxyl groups is 1. The number of methoxy groups -OCH3 is 1. The van der Waals surface area contributed by atoms with Crippen molar-refractivity contribution < 1.29 is 36.6 Å². The molecule has 0 saturated carbocycles. The van der Waals surface area contributed by atoms with E-state index in [1.165, 1.54) is 19.2 Å². The lowest BCUT2D eigenvalue weighted by molar-refractivity contribution is -0.290. The van der Waals surface area contributed by atoms with Crippen molar-refractivity contribution in [1.29, 1.82) is 0 Å². The van der Waals surface area contributed by atoms with E-state index in [0.29, 0.717) is 16.7 Å². The van der Waals surface area contributed by atoms with Crippen molar-refractivity contribution in [1.82, 2.24) is 4.98 Å². The first-order valence-corrected chi connectivity index (χ1v) is 7.03. The zero-order chi connectivity index (χ0) is 18.1. The number of carbonyl (C=O) groups is 1. The molecular formula is C13H9F5N2O3S. The maximum atomic E-state index is 13.1. The third-order valence-corrected chi connectivity index (χ3v) is 3.61. The number of nitrogens with zero attached hydrogens (tertiary/aromatic N) is 1. The van der Waals surface area contributed by atoms with Crippen LogP contribution in [0.3, 0.4) is 0 Å². The lowest BCUT2D eigenvalue weighted by Gasteiger charge is -2.16. The Morgan fingerprint density at radius 3 is 2.50 bits per heavy atom. The van der Waals surface area contributed by atoms with Crippen molar-refractivity contribution in [2.45, 2.75) is 12.1 Å². The third kappa shape index (κ3) is 3.40. The maximum Gasteiger partial charge on any atom is 0.459 e. The first kappa shape index (κ1) is 17.9. The molecule has 0 unspecified atom stereocenters. The number of thiazole rings is 1. The van der Waals surface area contributed by atoms with E-state index in [1.807, 2.05) is 5.32 Å². The number of phenols is 1. The van der Waals surface area contributed by atoms with E-state index >= 15 is 0 Å². The maximum absolute atomic E-state index is 13.1. The standard InChI is InChI=1S/C13H9F5N2O3S/c1-23-6-2-3-7(8(21)4-6)10(22)20-11-19-9(5-24-11)12(14,15)13(16,17)18/h2-5,21H,1H3,(H,19,20,22). The molecule has 24 heavy (non-hydrogen) atoms. The Balaban J connectivity index is 2.20. The Bertz CT molecular complexity index is 760. The summed E-state index contributed by atoms with van der Waals surface area (Å²) < 4.78 is 67.9. The Morgan fingerprint density at radius 2 is 1.96 bits per heavy atom. The van der Waals surface area contributed by atoms with E-state index in [2.05, 4.69) is 4.98 Å². The van der Waals surface area contributed by atoms with E-state index in [-0.39, 0.29) is 11.3 Å². The highest BCUT2D eigenvalue weighted by molar-refractivity contribution is 7.14. The van der Waals surface area contributed by atoms with Crippen LogP contribution in [0.25, 0.3) is 0 Å². The molecule has 1 heterocycles. The Labute approximate surface area is 135 Å². The largest absolute Gasteiger partial charge is 0.507 e. The molecule has 1 aromatic heterocycles. The molecule has 5 nitrogen and oxygen atoms in total. The molecule has 1 aromatic carbocycles. The van der Waals surface area contributed by atoms with Gasteiger partial charge in [-0.1, -0.05) is 0 Å². The number of phenolic OH excluding ortho intramolecular Hbond substituents is 1. The number of benzene rings is 1. The number of carbonyl (C=O) groups excluding carboxylic acids is 1. The number of hydrogen-bond acceptors (Lipinski definition) is 5. The van der Waals surface area contributed by atoms with Gasteiger partial charge in [0.05, 0.1) is 12.7 Å².